The standard InChI is InChI=1S/C17H22ClNO/c1-2-17(20)19-15-7-8-16(19)11-13(10-15)9-12-3-5-14(18)6-4-12/h3-6,13,15-16H,2,7-11H2,1H3. The Morgan fingerprint density at radius 2 is 1.80 bits per heavy atom. The van der Waals surface area contributed by atoms with Crippen LogP contribution in [0, 0.1) is 5.92 Å². The molecule has 0 saturated carbocycles. The van der Waals surface area contributed by atoms with E-state index in [1.54, 1.807) is 0 Å². The SMILES string of the molecule is CCC(=O)N1C2CCC1CC(Cc1ccc(Cl)cc1)C2. The summed E-state index contributed by atoms with van der Waals surface area (Å²) in [6.07, 6.45) is 6.52. The second-order valence-electron chi connectivity index (χ2n) is 6.21. The van der Waals surface area contributed by atoms with Crippen LogP contribution in [0.5, 0.6) is 0 Å². The average Bonchev–Trinajstić information content (AvgIpc) is 2.72. The molecule has 2 fully saturated rings. The number of piperidine rings is 1. The van der Waals surface area contributed by atoms with Crippen LogP contribution in [0.15, 0.2) is 24.3 Å². The van der Waals surface area contributed by atoms with Crippen LogP contribution in [0.3, 0.4) is 0 Å². The van der Waals surface area contributed by atoms with Crippen molar-refractivity contribution in [2.75, 3.05) is 0 Å². The number of carbonyl (C=O) groups excluding carboxylic acids is 1. The molecule has 2 saturated heterocycles. The molecule has 2 bridgehead atoms. The molecule has 108 valence electrons. The zero-order valence-corrected chi connectivity index (χ0v) is 12.8. The van der Waals surface area contributed by atoms with E-state index in [0.29, 0.717) is 24.4 Å². The lowest BCUT2D eigenvalue weighted by Gasteiger charge is -2.39. The van der Waals surface area contributed by atoms with Gasteiger partial charge < -0.3 is 4.90 Å². The Kier molecular flexibility index (Phi) is 4.02. The van der Waals surface area contributed by atoms with E-state index in [9.17, 15) is 4.79 Å². The van der Waals surface area contributed by atoms with Gasteiger partial charge in [-0.05, 0) is 55.7 Å². The van der Waals surface area contributed by atoms with Crippen LogP contribution in [0.1, 0.15) is 44.6 Å². The molecule has 0 N–H and O–H groups in total. The fourth-order valence-electron chi connectivity index (χ4n) is 4.00. The van der Waals surface area contributed by atoms with E-state index in [2.05, 4.69) is 17.0 Å². The first-order chi connectivity index (χ1) is 9.67. The van der Waals surface area contributed by atoms with E-state index in [1.165, 1.54) is 31.2 Å². The van der Waals surface area contributed by atoms with Crippen LogP contribution in [0.25, 0.3) is 0 Å². The zero-order valence-electron chi connectivity index (χ0n) is 12.0. The van der Waals surface area contributed by atoms with Gasteiger partial charge >= 0.3 is 0 Å². The van der Waals surface area contributed by atoms with Crippen molar-refractivity contribution in [3.63, 3.8) is 0 Å². The van der Waals surface area contributed by atoms with Gasteiger partial charge in [-0.3, -0.25) is 4.79 Å². The van der Waals surface area contributed by atoms with Crippen molar-refractivity contribution in [2.45, 2.75) is 57.5 Å². The van der Waals surface area contributed by atoms with Gasteiger partial charge in [0.25, 0.3) is 0 Å². The molecular weight excluding hydrogens is 270 g/mol. The largest absolute Gasteiger partial charge is 0.337 e. The molecule has 0 aromatic heterocycles. The smallest absolute Gasteiger partial charge is 0.222 e. The van der Waals surface area contributed by atoms with Crippen LogP contribution in [0.2, 0.25) is 5.02 Å². The number of nitrogens with zero attached hydrogens (tertiary/aromatic N) is 1. The number of amides is 1. The molecule has 2 unspecified atom stereocenters. The lowest BCUT2D eigenvalue weighted by Crippen LogP contribution is -2.46. The molecule has 20 heavy (non-hydrogen) atoms. The summed E-state index contributed by atoms with van der Waals surface area (Å²) < 4.78 is 0. The Labute approximate surface area is 126 Å². The van der Waals surface area contributed by atoms with E-state index >= 15 is 0 Å². The second-order valence-corrected chi connectivity index (χ2v) is 6.64. The molecule has 2 nitrogen and oxygen atoms in total. The zero-order chi connectivity index (χ0) is 14.1. The van der Waals surface area contributed by atoms with Crippen molar-refractivity contribution in [2.24, 2.45) is 5.92 Å². The van der Waals surface area contributed by atoms with Crippen LogP contribution < -0.4 is 0 Å². The van der Waals surface area contributed by atoms with Crippen LogP contribution in [-0.4, -0.2) is 22.9 Å². The van der Waals surface area contributed by atoms with Gasteiger partial charge in [0.15, 0.2) is 0 Å². The van der Waals surface area contributed by atoms with Gasteiger partial charge in [-0.25, -0.2) is 0 Å². The van der Waals surface area contributed by atoms with Gasteiger partial charge in [0.05, 0.1) is 0 Å². The summed E-state index contributed by atoms with van der Waals surface area (Å²) in [6, 6.07) is 9.21. The maximum absolute atomic E-state index is 12.0. The number of hydrogen-bond donors (Lipinski definition) is 0. The topological polar surface area (TPSA) is 20.3 Å². The van der Waals surface area contributed by atoms with Crippen molar-refractivity contribution in [3.8, 4) is 0 Å². The van der Waals surface area contributed by atoms with E-state index in [-0.39, 0.29) is 0 Å². The minimum atomic E-state index is 0.349. The van der Waals surface area contributed by atoms with Crippen LogP contribution in [0.4, 0.5) is 0 Å². The van der Waals surface area contributed by atoms with E-state index in [0.717, 1.165) is 17.4 Å². The monoisotopic (exact) mass is 291 g/mol. The molecular formula is C17H22ClNO. The van der Waals surface area contributed by atoms with Gasteiger partial charge in [0, 0.05) is 23.5 Å². The summed E-state index contributed by atoms with van der Waals surface area (Å²) in [5, 5.41) is 0.803. The Morgan fingerprint density at radius 1 is 1.20 bits per heavy atom. The molecule has 2 aliphatic heterocycles. The number of carbonyl (C=O) groups is 1. The molecule has 0 radical (unpaired) electrons. The third kappa shape index (κ3) is 2.71. The fraction of sp³-hybridized carbons (Fsp3) is 0.588. The van der Waals surface area contributed by atoms with Gasteiger partial charge in [0.1, 0.15) is 0 Å². The lowest BCUT2D eigenvalue weighted by molar-refractivity contribution is -0.136. The maximum atomic E-state index is 12.0. The first-order valence-electron chi connectivity index (χ1n) is 7.73. The highest BCUT2D eigenvalue weighted by atomic mass is 35.5. The Morgan fingerprint density at radius 3 is 2.35 bits per heavy atom. The number of rotatable bonds is 3. The third-order valence-electron chi connectivity index (χ3n) is 4.86. The van der Waals surface area contributed by atoms with E-state index in [4.69, 9.17) is 11.6 Å². The van der Waals surface area contributed by atoms with Crippen molar-refractivity contribution >= 4 is 17.5 Å². The third-order valence-corrected chi connectivity index (χ3v) is 5.11. The van der Waals surface area contributed by atoms with E-state index < -0.39 is 0 Å². The summed E-state index contributed by atoms with van der Waals surface area (Å²) in [5.41, 5.74) is 1.37. The first-order valence-corrected chi connectivity index (χ1v) is 8.10. The van der Waals surface area contributed by atoms with Crippen LogP contribution in [-0.2, 0) is 11.2 Å². The summed E-state index contributed by atoms with van der Waals surface area (Å²) in [7, 11) is 0. The molecule has 2 heterocycles. The lowest BCUT2D eigenvalue weighted by atomic mass is 9.85. The van der Waals surface area contributed by atoms with Gasteiger partial charge in [0.2, 0.25) is 5.91 Å². The second kappa shape index (κ2) is 5.77. The normalized spacial score (nSPS) is 28.7. The van der Waals surface area contributed by atoms with Gasteiger partial charge in [-0.2, -0.15) is 0 Å². The van der Waals surface area contributed by atoms with Crippen LogP contribution >= 0.6 is 11.6 Å². The average molecular weight is 292 g/mol. The van der Waals surface area contributed by atoms with E-state index in [1.807, 2.05) is 19.1 Å². The highest BCUT2D eigenvalue weighted by Gasteiger charge is 2.42. The first kappa shape index (κ1) is 13.9. The van der Waals surface area contributed by atoms with Gasteiger partial charge in [-0.1, -0.05) is 30.7 Å². The van der Waals surface area contributed by atoms with Gasteiger partial charge in [-0.15, -0.1) is 0 Å². The predicted octanol–water partition coefficient (Wildman–Crippen LogP) is 4.06. The van der Waals surface area contributed by atoms with Crippen molar-refractivity contribution in [1.29, 1.82) is 0 Å². The number of fused-ring (bicyclic) bond motifs is 2. The summed E-state index contributed by atoms with van der Waals surface area (Å²) in [5.74, 6) is 1.07. The molecule has 2 aliphatic rings. The molecule has 0 aliphatic carbocycles. The quantitative estimate of drug-likeness (QED) is 0.822. The molecule has 3 heteroatoms. The number of benzene rings is 1. The number of hydrogen-bond acceptors (Lipinski definition) is 1. The molecule has 0 spiro atoms. The molecule has 1 aromatic carbocycles. The summed E-state index contributed by atoms with van der Waals surface area (Å²) >= 11 is 5.94. The molecule has 1 amide bonds. The summed E-state index contributed by atoms with van der Waals surface area (Å²) in [4.78, 5) is 14.2. The highest BCUT2D eigenvalue weighted by Crippen LogP contribution is 2.40. The minimum Gasteiger partial charge on any atom is -0.337 e. The molecule has 2 atom stereocenters. The molecule has 1 aromatic rings. The Bertz CT molecular complexity index is 470. The highest BCUT2D eigenvalue weighted by molar-refractivity contribution is 6.30. The minimum absolute atomic E-state index is 0.349. The Hall–Kier alpha value is -1.02. The van der Waals surface area contributed by atoms with Crippen molar-refractivity contribution < 1.29 is 4.79 Å². The van der Waals surface area contributed by atoms with Crippen molar-refractivity contribution in [1.82, 2.24) is 4.90 Å². The number of halogens is 1. The fourth-order valence-corrected chi connectivity index (χ4v) is 4.13. The maximum Gasteiger partial charge on any atom is 0.222 e. The Balaban J connectivity index is 1.65. The predicted molar refractivity (Wildman–Crippen MR) is 81.8 cm³/mol. The summed E-state index contributed by atoms with van der Waals surface area (Å²) in [6.45, 7) is 1.97. The van der Waals surface area contributed by atoms with Crippen molar-refractivity contribution in [3.05, 3.63) is 34.9 Å². The molecule has 3 rings (SSSR count).